The first-order valence-corrected chi connectivity index (χ1v) is 14.2. The van der Waals surface area contributed by atoms with Crippen molar-refractivity contribution >= 4 is 23.9 Å². The van der Waals surface area contributed by atoms with Gasteiger partial charge in [-0.25, -0.2) is 9.59 Å². The number of rotatable bonds is 18. The summed E-state index contributed by atoms with van der Waals surface area (Å²) in [6.45, 7) is 10.3. The lowest BCUT2D eigenvalue weighted by molar-refractivity contribution is -0.149. The Morgan fingerprint density at radius 2 is 1.49 bits per heavy atom. The molecule has 0 heterocycles. The van der Waals surface area contributed by atoms with Gasteiger partial charge in [-0.1, -0.05) is 72.8 Å². The first kappa shape index (κ1) is 34.8. The summed E-state index contributed by atoms with van der Waals surface area (Å²) < 4.78 is 10.6. The second-order valence-corrected chi connectivity index (χ2v) is 10.8. The minimum absolute atomic E-state index is 0.0408. The predicted octanol–water partition coefficient (Wildman–Crippen LogP) is 3.60. The van der Waals surface area contributed by atoms with Crippen LogP contribution in [0.1, 0.15) is 44.2 Å². The van der Waals surface area contributed by atoms with Crippen molar-refractivity contribution in [3.05, 3.63) is 97.1 Å². The Kier molecular flexibility index (Phi) is 14.7. The summed E-state index contributed by atoms with van der Waals surface area (Å²) in [5.74, 6) is -2.23. The molecule has 43 heavy (non-hydrogen) atoms. The maximum absolute atomic E-state index is 13.1. The van der Waals surface area contributed by atoms with Gasteiger partial charge < -0.3 is 30.5 Å². The normalized spacial score (nSPS) is 13.0. The monoisotopic (exact) mass is 593 g/mol. The van der Waals surface area contributed by atoms with E-state index >= 15 is 0 Å². The summed E-state index contributed by atoms with van der Waals surface area (Å²) in [5, 5.41) is 17.9. The number of benzene rings is 2. The number of nitrogens with one attached hydrogen (secondary N) is 3. The lowest BCUT2D eigenvalue weighted by Gasteiger charge is -2.29. The molecule has 0 fully saturated rings. The average Bonchev–Trinajstić information content (AvgIpc) is 2.99. The number of carbonyl (C=O) groups is 4. The maximum Gasteiger partial charge on any atom is 0.408 e. The summed E-state index contributed by atoms with van der Waals surface area (Å²) in [4.78, 5) is 50.9. The molecule has 0 aliphatic heterocycles. The number of allylic oxidation sites excluding steroid dienone is 1. The lowest BCUT2D eigenvalue weighted by atomic mass is 9.97. The average molecular weight is 594 g/mol. The largest absolute Gasteiger partial charge is 0.462 e. The van der Waals surface area contributed by atoms with Crippen LogP contribution in [0.2, 0.25) is 0 Å². The summed E-state index contributed by atoms with van der Waals surface area (Å²) in [6.07, 6.45) is 2.94. The first-order chi connectivity index (χ1) is 20.6. The SMILES string of the molecule is C=CCC(CC(=O)NC(CO)Cc1ccccc1)C(=O)NC(C)(C)COC(=O)C(CC=C)NC(=O)OCc1ccccc1. The Morgan fingerprint density at radius 1 is 0.884 bits per heavy atom. The van der Waals surface area contributed by atoms with Gasteiger partial charge in [0.15, 0.2) is 0 Å². The molecule has 2 rings (SSSR count). The maximum atomic E-state index is 13.1. The molecule has 232 valence electrons. The van der Waals surface area contributed by atoms with Gasteiger partial charge >= 0.3 is 12.1 Å². The van der Waals surface area contributed by atoms with Crippen molar-refractivity contribution in [2.24, 2.45) is 5.92 Å². The van der Waals surface area contributed by atoms with Crippen molar-refractivity contribution in [2.45, 2.75) is 63.8 Å². The Hall–Kier alpha value is -4.44. The quantitative estimate of drug-likeness (QED) is 0.153. The molecule has 10 heteroatoms. The third-order valence-electron chi connectivity index (χ3n) is 6.39. The third kappa shape index (κ3) is 13.4. The molecule has 0 aliphatic carbocycles. The number of hydrogen-bond donors (Lipinski definition) is 4. The molecule has 0 saturated carbocycles. The van der Waals surface area contributed by atoms with E-state index in [1.807, 2.05) is 60.7 Å². The molecule has 2 aromatic carbocycles. The van der Waals surface area contributed by atoms with Crippen LogP contribution in [0, 0.1) is 5.92 Å². The van der Waals surface area contributed by atoms with Crippen molar-refractivity contribution < 1.29 is 33.8 Å². The van der Waals surface area contributed by atoms with Crippen molar-refractivity contribution in [1.82, 2.24) is 16.0 Å². The Morgan fingerprint density at radius 3 is 2.07 bits per heavy atom. The van der Waals surface area contributed by atoms with Gasteiger partial charge in [-0.3, -0.25) is 9.59 Å². The molecule has 4 N–H and O–H groups in total. The Balaban J connectivity index is 1.88. The Labute approximate surface area is 253 Å². The number of amides is 3. The van der Waals surface area contributed by atoms with E-state index in [0.29, 0.717) is 6.42 Å². The number of carbonyl (C=O) groups excluding carboxylic acids is 4. The molecule has 10 nitrogen and oxygen atoms in total. The predicted molar refractivity (Wildman–Crippen MR) is 164 cm³/mol. The number of ether oxygens (including phenoxy) is 2. The van der Waals surface area contributed by atoms with Gasteiger partial charge in [0.1, 0.15) is 19.3 Å². The molecule has 0 saturated heterocycles. The van der Waals surface area contributed by atoms with E-state index in [1.165, 1.54) is 6.08 Å². The van der Waals surface area contributed by atoms with Crippen LogP contribution in [0.25, 0.3) is 0 Å². The molecule has 0 bridgehead atoms. The van der Waals surface area contributed by atoms with Crippen LogP contribution in [0.5, 0.6) is 0 Å². The van der Waals surface area contributed by atoms with Crippen LogP contribution in [-0.2, 0) is 36.9 Å². The van der Waals surface area contributed by atoms with Crippen molar-refractivity contribution in [3.8, 4) is 0 Å². The van der Waals surface area contributed by atoms with E-state index in [2.05, 4.69) is 29.1 Å². The molecular formula is C33H43N3O7. The second kappa shape index (κ2) is 18.2. The van der Waals surface area contributed by atoms with Gasteiger partial charge in [-0.15, -0.1) is 13.2 Å². The smallest absolute Gasteiger partial charge is 0.408 e. The molecule has 3 atom stereocenters. The van der Waals surface area contributed by atoms with Gasteiger partial charge in [0.25, 0.3) is 0 Å². The molecular weight excluding hydrogens is 550 g/mol. The van der Waals surface area contributed by atoms with E-state index in [9.17, 15) is 24.3 Å². The topological polar surface area (TPSA) is 143 Å². The molecule has 0 aromatic heterocycles. The van der Waals surface area contributed by atoms with Crippen molar-refractivity contribution in [1.29, 1.82) is 0 Å². The lowest BCUT2D eigenvalue weighted by Crippen LogP contribution is -2.51. The molecule has 0 aliphatic rings. The van der Waals surface area contributed by atoms with Gasteiger partial charge in [0, 0.05) is 6.42 Å². The number of alkyl carbamates (subject to hydrolysis) is 1. The van der Waals surface area contributed by atoms with E-state index < -0.39 is 41.5 Å². The summed E-state index contributed by atoms with van der Waals surface area (Å²) in [5.41, 5.74) is 0.773. The van der Waals surface area contributed by atoms with Gasteiger partial charge in [0.05, 0.1) is 24.1 Å². The number of hydrogen-bond acceptors (Lipinski definition) is 7. The van der Waals surface area contributed by atoms with Crippen molar-refractivity contribution in [2.75, 3.05) is 13.2 Å². The van der Waals surface area contributed by atoms with Gasteiger partial charge in [0.2, 0.25) is 11.8 Å². The van der Waals surface area contributed by atoms with E-state index in [1.54, 1.807) is 19.9 Å². The highest BCUT2D eigenvalue weighted by Gasteiger charge is 2.30. The molecule has 3 amide bonds. The first-order valence-electron chi connectivity index (χ1n) is 14.2. The van der Waals surface area contributed by atoms with Crippen molar-refractivity contribution in [3.63, 3.8) is 0 Å². The second-order valence-electron chi connectivity index (χ2n) is 10.8. The highest BCUT2D eigenvalue weighted by Crippen LogP contribution is 2.14. The highest BCUT2D eigenvalue weighted by molar-refractivity contribution is 5.86. The van der Waals surface area contributed by atoms with E-state index in [4.69, 9.17) is 9.47 Å². The summed E-state index contributed by atoms with van der Waals surface area (Å²) in [6, 6.07) is 17.1. The van der Waals surface area contributed by atoms with Crippen LogP contribution < -0.4 is 16.0 Å². The highest BCUT2D eigenvalue weighted by atomic mass is 16.6. The zero-order chi connectivity index (χ0) is 31.7. The number of aliphatic hydroxyl groups is 1. The van der Waals surface area contributed by atoms with Gasteiger partial charge in [-0.2, -0.15) is 0 Å². The molecule has 3 unspecified atom stereocenters. The van der Waals surface area contributed by atoms with Crippen LogP contribution in [0.3, 0.4) is 0 Å². The minimum Gasteiger partial charge on any atom is -0.462 e. The number of aliphatic hydroxyl groups excluding tert-OH is 1. The fourth-order valence-corrected chi connectivity index (χ4v) is 4.17. The standard InChI is InChI=1S/C33H43N3O7/c1-5-13-26(20-29(38)34-27(21-37)19-24-15-9-7-10-16-24)30(39)36-33(3,4)23-43-31(40)28(14-6-2)35-32(41)42-22-25-17-11-8-12-18-25/h5-12,15-18,26-28,37H,1-2,13-14,19-23H2,3-4H3,(H,34,38)(H,35,41)(H,36,39). The minimum atomic E-state index is -1.03. The molecule has 0 radical (unpaired) electrons. The van der Waals surface area contributed by atoms with Crippen LogP contribution in [0.15, 0.2) is 86.0 Å². The zero-order valence-corrected chi connectivity index (χ0v) is 24.9. The van der Waals surface area contributed by atoms with Gasteiger partial charge in [-0.05, 0) is 44.2 Å². The van der Waals surface area contributed by atoms with E-state index in [0.717, 1.165) is 11.1 Å². The van der Waals surface area contributed by atoms with Crippen LogP contribution in [-0.4, -0.2) is 59.8 Å². The summed E-state index contributed by atoms with van der Waals surface area (Å²) in [7, 11) is 0. The van der Waals surface area contributed by atoms with Crippen LogP contribution >= 0.6 is 0 Å². The molecule has 2 aromatic rings. The third-order valence-corrected chi connectivity index (χ3v) is 6.39. The van der Waals surface area contributed by atoms with E-state index in [-0.39, 0.29) is 45.0 Å². The Bertz CT molecular complexity index is 1200. The number of esters is 1. The summed E-state index contributed by atoms with van der Waals surface area (Å²) >= 11 is 0. The fourth-order valence-electron chi connectivity index (χ4n) is 4.17. The zero-order valence-electron chi connectivity index (χ0n) is 24.9. The molecule has 0 spiro atoms. The van der Waals surface area contributed by atoms with Crippen LogP contribution in [0.4, 0.5) is 4.79 Å². The fraction of sp³-hybridized carbons (Fsp3) is 0.394.